The molecule has 7 heteroatoms. The highest BCUT2D eigenvalue weighted by molar-refractivity contribution is 6.04. The fourth-order valence-electron chi connectivity index (χ4n) is 3.15. The summed E-state index contributed by atoms with van der Waals surface area (Å²) in [6, 6.07) is 20.0. The van der Waals surface area contributed by atoms with Crippen LogP contribution in [0, 0.1) is 5.82 Å². The number of furan rings is 1. The topological polar surface area (TPSA) is 84.2 Å². The zero-order chi connectivity index (χ0) is 22.3. The summed E-state index contributed by atoms with van der Waals surface area (Å²) in [7, 11) is 0. The van der Waals surface area contributed by atoms with E-state index in [2.05, 4.69) is 15.6 Å². The largest absolute Gasteiger partial charge is 0.461 e. The summed E-state index contributed by atoms with van der Waals surface area (Å²) in [5, 5.41) is 5.59. The second-order valence-corrected chi connectivity index (χ2v) is 7.07. The first-order valence-corrected chi connectivity index (χ1v) is 10.0. The number of pyridine rings is 1. The number of carbonyl (C=O) groups is 2. The van der Waals surface area contributed by atoms with Gasteiger partial charge in [-0.05, 0) is 54.6 Å². The van der Waals surface area contributed by atoms with Gasteiger partial charge in [-0.2, -0.15) is 0 Å². The first-order chi connectivity index (χ1) is 15.6. The molecule has 2 aromatic carbocycles. The number of carbonyl (C=O) groups excluding carboxylic acids is 2. The molecule has 0 radical (unpaired) electrons. The Bertz CT molecular complexity index is 1240. The predicted molar refractivity (Wildman–Crippen MR) is 120 cm³/mol. The maximum Gasteiger partial charge on any atom is 0.257 e. The molecule has 160 valence electrons. The van der Waals surface area contributed by atoms with Crippen molar-refractivity contribution in [3.63, 3.8) is 0 Å². The number of aromatic nitrogens is 1. The summed E-state index contributed by atoms with van der Waals surface area (Å²) in [4.78, 5) is 28.6. The van der Waals surface area contributed by atoms with E-state index in [4.69, 9.17) is 4.42 Å². The van der Waals surface area contributed by atoms with Crippen molar-refractivity contribution in [2.75, 3.05) is 10.6 Å². The molecule has 0 aliphatic heterocycles. The lowest BCUT2D eigenvalue weighted by Crippen LogP contribution is -2.14. The molecule has 0 bridgehead atoms. The third-order valence-corrected chi connectivity index (χ3v) is 4.73. The molecule has 4 aromatic rings. The van der Waals surface area contributed by atoms with E-state index in [9.17, 15) is 14.0 Å². The molecule has 2 N–H and O–H groups in total. The molecule has 32 heavy (non-hydrogen) atoms. The van der Waals surface area contributed by atoms with Crippen molar-refractivity contribution in [1.82, 2.24) is 4.98 Å². The van der Waals surface area contributed by atoms with Crippen molar-refractivity contribution in [2.24, 2.45) is 0 Å². The maximum absolute atomic E-state index is 13.9. The van der Waals surface area contributed by atoms with Crippen molar-refractivity contribution in [3.8, 4) is 11.3 Å². The van der Waals surface area contributed by atoms with Crippen LogP contribution in [0.3, 0.4) is 0 Å². The van der Waals surface area contributed by atoms with Crippen LogP contribution in [-0.4, -0.2) is 16.8 Å². The highest BCUT2D eigenvalue weighted by Crippen LogP contribution is 2.25. The van der Waals surface area contributed by atoms with E-state index >= 15 is 0 Å². The Morgan fingerprint density at radius 1 is 0.906 bits per heavy atom. The van der Waals surface area contributed by atoms with Crippen molar-refractivity contribution < 1.29 is 18.4 Å². The summed E-state index contributed by atoms with van der Waals surface area (Å²) < 4.78 is 19.6. The number of nitrogens with zero attached hydrogens (tertiary/aromatic N) is 1. The highest BCUT2D eigenvalue weighted by Gasteiger charge is 2.11. The van der Waals surface area contributed by atoms with Crippen molar-refractivity contribution in [3.05, 3.63) is 102 Å². The maximum atomic E-state index is 13.9. The summed E-state index contributed by atoms with van der Waals surface area (Å²) >= 11 is 0. The minimum absolute atomic E-state index is 0.191. The number of halogens is 1. The van der Waals surface area contributed by atoms with Crippen LogP contribution in [0.2, 0.25) is 0 Å². The summed E-state index contributed by atoms with van der Waals surface area (Å²) in [5.74, 6) is 0.169. The molecule has 2 aromatic heterocycles. The SMILES string of the molecule is O=C(CCc1ccc(-c2ccccc2F)o1)Nc1cccc(NC(=O)c2cccnc2)c1. The lowest BCUT2D eigenvalue weighted by atomic mass is 10.1. The second-order valence-electron chi connectivity index (χ2n) is 7.07. The molecular formula is C25H20FN3O3. The molecule has 0 atom stereocenters. The Kier molecular flexibility index (Phi) is 6.36. The minimum atomic E-state index is -0.360. The van der Waals surface area contributed by atoms with E-state index in [-0.39, 0.29) is 24.1 Å². The molecule has 0 aliphatic carbocycles. The lowest BCUT2D eigenvalue weighted by molar-refractivity contribution is -0.116. The fraction of sp³-hybridized carbons (Fsp3) is 0.0800. The zero-order valence-electron chi connectivity index (χ0n) is 17.0. The van der Waals surface area contributed by atoms with Gasteiger partial charge in [-0.3, -0.25) is 14.6 Å². The van der Waals surface area contributed by atoms with E-state index < -0.39 is 0 Å². The molecule has 0 saturated carbocycles. The summed E-state index contributed by atoms with van der Waals surface area (Å²) in [5.41, 5.74) is 1.94. The van der Waals surface area contributed by atoms with Gasteiger partial charge in [-0.15, -0.1) is 0 Å². The van der Waals surface area contributed by atoms with Gasteiger partial charge in [0.05, 0.1) is 11.1 Å². The molecule has 2 heterocycles. The number of amides is 2. The second kappa shape index (κ2) is 9.70. The number of anilines is 2. The predicted octanol–water partition coefficient (Wildman–Crippen LogP) is 5.30. The number of benzene rings is 2. The van der Waals surface area contributed by atoms with Gasteiger partial charge in [-0.1, -0.05) is 18.2 Å². The van der Waals surface area contributed by atoms with Crippen LogP contribution in [0.15, 0.2) is 89.6 Å². The summed E-state index contributed by atoms with van der Waals surface area (Å²) in [6.07, 6.45) is 3.64. The van der Waals surface area contributed by atoms with E-state index in [1.165, 1.54) is 12.3 Å². The molecule has 2 amide bonds. The van der Waals surface area contributed by atoms with E-state index in [0.717, 1.165) is 0 Å². The average Bonchev–Trinajstić information content (AvgIpc) is 3.28. The van der Waals surface area contributed by atoms with Crippen LogP contribution in [0.4, 0.5) is 15.8 Å². The first kappa shape index (κ1) is 21.0. The number of aryl methyl sites for hydroxylation is 1. The first-order valence-electron chi connectivity index (χ1n) is 10.0. The van der Waals surface area contributed by atoms with Gasteiger partial charge in [0, 0.05) is 36.6 Å². The molecule has 0 saturated heterocycles. The van der Waals surface area contributed by atoms with Crippen LogP contribution in [-0.2, 0) is 11.2 Å². The molecule has 0 spiro atoms. The normalized spacial score (nSPS) is 10.5. The van der Waals surface area contributed by atoms with E-state index in [1.54, 1.807) is 72.9 Å². The third kappa shape index (κ3) is 5.26. The van der Waals surface area contributed by atoms with Crippen molar-refractivity contribution in [1.29, 1.82) is 0 Å². The Labute approximate surface area is 184 Å². The number of nitrogens with one attached hydrogen (secondary N) is 2. The van der Waals surface area contributed by atoms with Crippen LogP contribution in [0.5, 0.6) is 0 Å². The van der Waals surface area contributed by atoms with Gasteiger partial charge < -0.3 is 15.1 Å². The van der Waals surface area contributed by atoms with Gasteiger partial charge >= 0.3 is 0 Å². The number of hydrogen-bond acceptors (Lipinski definition) is 4. The van der Waals surface area contributed by atoms with Crippen LogP contribution in [0.1, 0.15) is 22.5 Å². The smallest absolute Gasteiger partial charge is 0.257 e. The van der Waals surface area contributed by atoms with Gasteiger partial charge in [0.1, 0.15) is 17.3 Å². The molecule has 0 aliphatic rings. The zero-order valence-corrected chi connectivity index (χ0v) is 17.0. The van der Waals surface area contributed by atoms with Crippen molar-refractivity contribution >= 4 is 23.2 Å². The quantitative estimate of drug-likeness (QED) is 0.417. The molecule has 4 rings (SSSR count). The number of rotatable bonds is 7. The Morgan fingerprint density at radius 2 is 1.72 bits per heavy atom. The van der Waals surface area contributed by atoms with Crippen LogP contribution >= 0.6 is 0 Å². The molecule has 0 unspecified atom stereocenters. The van der Waals surface area contributed by atoms with Crippen LogP contribution < -0.4 is 10.6 Å². The minimum Gasteiger partial charge on any atom is -0.461 e. The molecule has 0 fully saturated rings. The monoisotopic (exact) mass is 429 g/mol. The Balaban J connectivity index is 1.32. The molecular weight excluding hydrogens is 409 g/mol. The number of hydrogen-bond donors (Lipinski definition) is 2. The summed E-state index contributed by atoms with van der Waals surface area (Å²) in [6.45, 7) is 0. The fourth-order valence-corrected chi connectivity index (χ4v) is 3.15. The van der Waals surface area contributed by atoms with Crippen LogP contribution in [0.25, 0.3) is 11.3 Å². The third-order valence-electron chi connectivity index (χ3n) is 4.73. The average molecular weight is 429 g/mol. The van der Waals surface area contributed by atoms with Crippen molar-refractivity contribution in [2.45, 2.75) is 12.8 Å². The highest BCUT2D eigenvalue weighted by atomic mass is 19.1. The molecule has 6 nitrogen and oxygen atoms in total. The Hall–Kier alpha value is -4.26. The van der Waals surface area contributed by atoms with Gasteiger partial charge in [0.15, 0.2) is 0 Å². The Morgan fingerprint density at radius 3 is 2.50 bits per heavy atom. The van der Waals surface area contributed by atoms with E-state index in [0.29, 0.717) is 40.4 Å². The standard InChI is InChI=1S/C25H20FN3O3/c26-22-9-2-1-8-21(22)23-12-10-20(32-23)11-13-24(30)28-18-6-3-7-19(15-18)29-25(31)17-5-4-14-27-16-17/h1-10,12,14-16H,11,13H2,(H,28,30)(H,29,31). The van der Waals surface area contributed by atoms with Gasteiger partial charge in [0.25, 0.3) is 5.91 Å². The van der Waals surface area contributed by atoms with Gasteiger partial charge in [0.2, 0.25) is 5.91 Å². The van der Waals surface area contributed by atoms with Gasteiger partial charge in [-0.25, -0.2) is 4.39 Å². The lowest BCUT2D eigenvalue weighted by Gasteiger charge is -2.09. The van der Waals surface area contributed by atoms with E-state index in [1.807, 2.05) is 0 Å².